The second kappa shape index (κ2) is 6.36. The van der Waals surface area contributed by atoms with Gasteiger partial charge in [0.15, 0.2) is 0 Å². The van der Waals surface area contributed by atoms with E-state index in [2.05, 4.69) is 10.2 Å². The van der Waals surface area contributed by atoms with Crippen LogP contribution in [0.5, 0.6) is 0 Å². The number of hydrogen-bond donors (Lipinski definition) is 1. The summed E-state index contributed by atoms with van der Waals surface area (Å²) >= 11 is 0. The van der Waals surface area contributed by atoms with Crippen LogP contribution in [0.15, 0.2) is 15.8 Å². The van der Waals surface area contributed by atoms with Crippen LogP contribution >= 0.6 is 12.4 Å². The summed E-state index contributed by atoms with van der Waals surface area (Å²) in [4.78, 5) is 25.8. The maximum atomic E-state index is 12.0. The average molecular weight is 289 g/mol. The highest BCUT2D eigenvalue weighted by Gasteiger charge is 2.20. The molecular formula is C12H21ClN4O2. The quantitative estimate of drug-likeness (QED) is 0.799. The van der Waals surface area contributed by atoms with Crippen molar-refractivity contribution in [1.82, 2.24) is 19.4 Å². The van der Waals surface area contributed by atoms with Gasteiger partial charge < -0.3 is 9.88 Å². The molecule has 2 rings (SSSR count). The van der Waals surface area contributed by atoms with Crippen molar-refractivity contribution in [2.45, 2.75) is 19.0 Å². The molecule has 6 nitrogen and oxygen atoms in total. The zero-order chi connectivity index (χ0) is 13.3. The molecule has 1 atom stereocenters. The Morgan fingerprint density at radius 1 is 1.42 bits per heavy atom. The fourth-order valence-electron chi connectivity index (χ4n) is 2.40. The van der Waals surface area contributed by atoms with Crippen molar-refractivity contribution >= 4 is 12.4 Å². The predicted octanol–water partition coefficient (Wildman–Crippen LogP) is -0.700. The molecule has 0 aliphatic carbocycles. The summed E-state index contributed by atoms with van der Waals surface area (Å²) in [6.45, 7) is 2.57. The van der Waals surface area contributed by atoms with E-state index >= 15 is 0 Å². The number of aryl methyl sites for hydroxylation is 1. The third-order valence-corrected chi connectivity index (χ3v) is 3.59. The molecule has 1 aromatic rings. The number of aromatic nitrogens is 2. The van der Waals surface area contributed by atoms with Crippen molar-refractivity contribution in [2.75, 3.05) is 20.1 Å². The fraction of sp³-hybridized carbons (Fsp3) is 0.667. The minimum Gasteiger partial charge on any atom is -0.315 e. The molecule has 1 N–H and O–H groups in total. The van der Waals surface area contributed by atoms with Gasteiger partial charge >= 0.3 is 5.69 Å². The Kier molecular flexibility index (Phi) is 5.34. The lowest BCUT2D eigenvalue weighted by molar-refractivity contribution is 0.246. The van der Waals surface area contributed by atoms with E-state index in [0.29, 0.717) is 18.2 Å². The zero-order valence-corrected chi connectivity index (χ0v) is 12.4. The van der Waals surface area contributed by atoms with Gasteiger partial charge in [0.2, 0.25) is 0 Å². The van der Waals surface area contributed by atoms with Crippen LogP contribution in [0.1, 0.15) is 12.0 Å². The SMILES string of the molecule is CN(Cc1cn(C)c(=O)n(C)c1=O)C1CCNC1.Cl. The monoisotopic (exact) mass is 288 g/mol. The number of nitrogens with zero attached hydrogens (tertiary/aromatic N) is 3. The van der Waals surface area contributed by atoms with Crippen LogP contribution in [0.2, 0.25) is 0 Å². The minimum absolute atomic E-state index is 0. The van der Waals surface area contributed by atoms with E-state index in [9.17, 15) is 9.59 Å². The number of likely N-dealkylation sites (N-methyl/N-ethyl adjacent to an activating group) is 1. The first-order valence-electron chi connectivity index (χ1n) is 6.17. The summed E-state index contributed by atoms with van der Waals surface area (Å²) in [6.07, 6.45) is 2.74. The summed E-state index contributed by atoms with van der Waals surface area (Å²) in [7, 11) is 5.20. The molecule has 1 aliphatic heterocycles. The molecule has 0 radical (unpaired) electrons. The van der Waals surface area contributed by atoms with Gasteiger partial charge in [0, 0.05) is 45.0 Å². The predicted molar refractivity (Wildman–Crippen MR) is 76.9 cm³/mol. The van der Waals surface area contributed by atoms with Gasteiger partial charge in [-0.2, -0.15) is 0 Å². The summed E-state index contributed by atoms with van der Waals surface area (Å²) in [6, 6.07) is 0.465. The second-order valence-electron chi connectivity index (χ2n) is 4.97. The molecule has 0 bridgehead atoms. The first-order chi connectivity index (χ1) is 8.50. The van der Waals surface area contributed by atoms with Gasteiger partial charge in [-0.15, -0.1) is 12.4 Å². The molecule has 1 unspecified atom stereocenters. The second-order valence-corrected chi connectivity index (χ2v) is 4.97. The molecule has 2 heterocycles. The standard InChI is InChI=1S/C12H20N4O2.ClH/c1-14(10-4-5-13-6-10)7-9-8-15(2)12(18)16(3)11(9)17;/h8,10,13H,4-7H2,1-3H3;1H. The first-order valence-corrected chi connectivity index (χ1v) is 6.17. The maximum Gasteiger partial charge on any atom is 0.330 e. The van der Waals surface area contributed by atoms with Gasteiger partial charge in [0.05, 0.1) is 0 Å². The third-order valence-electron chi connectivity index (χ3n) is 3.59. The van der Waals surface area contributed by atoms with E-state index in [-0.39, 0.29) is 23.7 Å². The largest absolute Gasteiger partial charge is 0.330 e. The van der Waals surface area contributed by atoms with Crippen molar-refractivity contribution in [2.24, 2.45) is 14.1 Å². The zero-order valence-electron chi connectivity index (χ0n) is 11.5. The van der Waals surface area contributed by atoms with Crippen molar-refractivity contribution in [1.29, 1.82) is 0 Å². The van der Waals surface area contributed by atoms with Gasteiger partial charge in [-0.3, -0.25) is 14.3 Å². The molecule has 1 fully saturated rings. The van der Waals surface area contributed by atoms with Crippen molar-refractivity contribution in [3.63, 3.8) is 0 Å². The third kappa shape index (κ3) is 3.26. The normalized spacial score (nSPS) is 18.6. The van der Waals surface area contributed by atoms with E-state index in [1.165, 1.54) is 11.6 Å². The average Bonchev–Trinajstić information content (AvgIpc) is 2.87. The van der Waals surface area contributed by atoms with E-state index in [4.69, 9.17) is 0 Å². The minimum atomic E-state index is -0.283. The summed E-state index contributed by atoms with van der Waals surface area (Å²) < 4.78 is 2.62. The summed E-state index contributed by atoms with van der Waals surface area (Å²) in [5.41, 5.74) is 0.179. The number of hydrogen-bond acceptors (Lipinski definition) is 4. The van der Waals surface area contributed by atoms with Crippen molar-refractivity contribution in [3.05, 3.63) is 32.6 Å². The number of halogens is 1. The Bertz CT molecular complexity index is 546. The molecular weight excluding hydrogens is 268 g/mol. The topological polar surface area (TPSA) is 59.3 Å². The fourth-order valence-corrected chi connectivity index (χ4v) is 2.40. The Morgan fingerprint density at radius 2 is 2.11 bits per heavy atom. The Morgan fingerprint density at radius 3 is 2.68 bits per heavy atom. The van der Waals surface area contributed by atoms with Crippen molar-refractivity contribution in [3.8, 4) is 0 Å². The molecule has 108 valence electrons. The van der Waals surface area contributed by atoms with E-state index in [1.54, 1.807) is 13.2 Å². The molecule has 1 aliphatic rings. The van der Waals surface area contributed by atoms with Crippen LogP contribution < -0.4 is 16.6 Å². The highest BCUT2D eigenvalue weighted by atomic mass is 35.5. The maximum absolute atomic E-state index is 12.0. The molecule has 1 aromatic heterocycles. The van der Waals surface area contributed by atoms with Gasteiger partial charge in [-0.25, -0.2) is 4.79 Å². The first kappa shape index (κ1) is 15.9. The molecule has 0 spiro atoms. The van der Waals surface area contributed by atoms with Gasteiger partial charge in [0.25, 0.3) is 5.56 Å². The molecule has 19 heavy (non-hydrogen) atoms. The molecule has 1 saturated heterocycles. The van der Waals surface area contributed by atoms with Gasteiger partial charge in [-0.1, -0.05) is 0 Å². The Balaban J connectivity index is 0.00000180. The number of nitrogens with one attached hydrogen (secondary N) is 1. The Hall–Kier alpha value is -1.11. The van der Waals surface area contributed by atoms with Crippen LogP contribution in [-0.2, 0) is 20.6 Å². The highest BCUT2D eigenvalue weighted by Crippen LogP contribution is 2.08. The van der Waals surface area contributed by atoms with Gasteiger partial charge in [-0.05, 0) is 20.0 Å². The van der Waals surface area contributed by atoms with Crippen LogP contribution in [0.25, 0.3) is 0 Å². The smallest absolute Gasteiger partial charge is 0.315 e. The van der Waals surface area contributed by atoms with E-state index in [0.717, 1.165) is 24.1 Å². The summed E-state index contributed by atoms with van der Waals surface area (Å²) in [5.74, 6) is 0. The lowest BCUT2D eigenvalue weighted by atomic mass is 10.2. The number of rotatable bonds is 3. The van der Waals surface area contributed by atoms with E-state index < -0.39 is 0 Å². The van der Waals surface area contributed by atoms with Gasteiger partial charge in [0.1, 0.15) is 0 Å². The van der Waals surface area contributed by atoms with Crippen LogP contribution in [0, 0.1) is 0 Å². The molecule has 0 aromatic carbocycles. The van der Waals surface area contributed by atoms with Crippen LogP contribution in [-0.4, -0.2) is 40.2 Å². The van der Waals surface area contributed by atoms with Crippen LogP contribution in [0.4, 0.5) is 0 Å². The van der Waals surface area contributed by atoms with Crippen molar-refractivity contribution < 1.29 is 0 Å². The lowest BCUT2D eigenvalue weighted by Gasteiger charge is -2.23. The highest BCUT2D eigenvalue weighted by molar-refractivity contribution is 5.85. The Labute approximate surface area is 118 Å². The molecule has 0 saturated carbocycles. The van der Waals surface area contributed by atoms with E-state index in [1.807, 2.05) is 7.05 Å². The molecule has 7 heteroatoms. The lowest BCUT2D eigenvalue weighted by Crippen LogP contribution is -2.41. The molecule has 0 amide bonds. The summed E-state index contributed by atoms with van der Waals surface area (Å²) in [5, 5.41) is 3.31. The van der Waals surface area contributed by atoms with Crippen LogP contribution in [0.3, 0.4) is 0 Å².